The van der Waals surface area contributed by atoms with E-state index in [1.165, 1.54) is 11.3 Å². The summed E-state index contributed by atoms with van der Waals surface area (Å²) in [5.74, 6) is 0.239. The monoisotopic (exact) mass is 461 g/mol. The van der Waals surface area contributed by atoms with E-state index in [1.54, 1.807) is 35.1 Å². The highest BCUT2D eigenvalue weighted by Crippen LogP contribution is 2.36. The summed E-state index contributed by atoms with van der Waals surface area (Å²) in [7, 11) is 3.60. The Kier molecular flexibility index (Phi) is 5.39. The first-order valence-corrected chi connectivity index (χ1v) is 11.4. The Morgan fingerprint density at radius 2 is 2.03 bits per heavy atom. The Labute approximate surface area is 194 Å². The van der Waals surface area contributed by atoms with E-state index in [-0.39, 0.29) is 5.91 Å². The maximum Gasteiger partial charge on any atom is 0.258 e. The summed E-state index contributed by atoms with van der Waals surface area (Å²) in [5, 5.41) is 21.1. The van der Waals surface area contributed by atoms with Gasteiger partial charge in [-0.2, -0.15) is 5.10 Å². The fourth-order valence-corrected chi connectivity index (χ4v) is 4.70. The van der Waals surface area contributed by atoms with Gasteiger partial charge in [-0.05, 0) is 23.8 Å². The molecule has 9 nitrogen and oxygen atoms in total. The molecule has 1 atom stereocenters. The van der Waals surface area contributed by atoms with E-state index in [4.69, 9.17) is 4.98 Å². The fourth-order valence-electron chi connectivity index (χ4n) is 3.89. The highest BCUT2D eigenvalue weighted by atomic mass is 32.1. The standard InChI is InChI=1S/C23H23N7O2S/c1-29-11-8-23(32,21(29)31)16-5-3-4-15(12-16)20-27-19(14-33-20)18-7-9-24-22(28-18)25-13-17-6-10-26-30(17)2/h3-7,9-10,12,14,32H,8,11,13H2,1-2H3,(H,24,25,28). The zero-order chi connectivity index (χ0) is 23.0. The number of hydrogen-bond acceptors (Lipinski definition) is 8. The van der Waals surface area contributed by atoms with Crippen LogP contribution in [0.25, 0.3) is 22.0 Å². The number of amides is 1. The quantitative estimate of drug-likeness (QED) is 0.454. The number of carbonyl (C=O) groups excluding carboxylic acids is 1. The Morgan fingerprint density at radius 1 is 1.15 bits per heavy atom. The van der Waals surface area contributed by atoms with Crippen molar-refractivity contribution in [2.24, 2.45) is 7.05 Å². The Morgan fingerprint density at radius 3 is 2.79 bits per heavy atom. The molecule has 1 aliphatic rings. The van der Waals surface area contributed by atoms with Gasteiger partial charge in [-0.15, -0.1) is 11.3 Å². The molecule has 1 fully saturated rings. The van der Waals surface area contributed by atoms with E-state index in [0.717, 1.165) is 22.0 Å². The van der Waals surface area contributed by atoms with Gasteiger partial charge in [-0.1, -0.05) is 18.2 Å². The van der Waals surface area contributed by atoms with Gasteiger partial charge in [-0.25, -0.2) is 15.0 Å². The van der Waals surface area contributed by atoms with Crippen LogP contribution in [0.2, 0.25) is 0 Å². The first kappa shape index (κ1) is 21.2. The highest BCUT2D eigenvalue weighted by molar-refractivity contribution is 7.13. The Bertz CT molecular complexity index is 1320. The van der Waals surface area contributed by atoms with Crippen LogP contribution in [0.1, 0.15) is 17.7 Å². The second-order valence-electron chi connectivity index (χ2n) is 8.02. The van der Waals surface area contributed by atoms with Crippen LogP contribution >= 0.6 is 11.3 Å². The molecule has 1 unspecified atom stereocenters. The van der Waals surface area contributed by atoms with Crippen molar-refractivity contribution >= 4 is 23.2 Å². The Balaban J connectivity index is 1.37. The summed E-state index contributed by atoms with van der Waals surface area (Å²) in [5.41, 5.74) is 2.43. The summed E-state index contributed by atoms with van der Waals surface area (Å²) in [6.45, 7) is 1.09. The van der Waals surface area contributed by atoms with Crippen LogP contribution in [0.4, 0.5) is 5.95 Å². The third kappa shape index (κ3) is 3.98. The van der Waals surface area contributed by atoms with Crippen molar-refractivity contribution in [3.05, 3.63) is 65.4 Å². The average molecular weight is 462 g/mol. The number of anilines is 1. The summed E-state index contributed by atoms with van der Waals surface area (Å²) in [4.78, 5) is 27.7. The zero-order valence-electron chi connectivity index (χ0n) is 18.3. The molecule has 33 heavy (non-hydrogen) atoms. The summed E-state index contributed by atoms with van der Waals surface area (Å²) < 4.78 is 1.80. The van der Waals surface area contributed by atoms with Gasteiger partial charge in [0.15, 0.2) is 5.60 Å². The molecule has 0 aliphatic carbocycles. The number of nitrogens with one attached hydrogen (secondary N) is 1. The van der Waals surface area contributed by atoms with Gasteiger partial charge >= 0.3 is 0 Å². The van der Waals surface area contributed by atoms with E-state index >= 15 is 0 Å². The predicted molar refractivity (Wildman–Crippen MR) is 125 cm³/mol. The number of rotatable bonds is 6. The third-order valence-corrected chi connectivity index (χ3v) is 6.76. The van der Waals surface area contributed by atoms with Crippen molar-refractivity contribution in [1.82, 2.24) is 29.6 Å². The number of hydrogen-bond donors (Lipinski definition) is 2. The molecule has 0 bridgehead atoms. The number of likely N-dealkylation sites (N-methyl/N-ethyl adjacent to an activating group) is 1. The van der Waals surface area contributed by atoms with Gasteiger partial charge in [0, 0.05) is 50.4 Å². The molecule has 168 valence electrons. The number of aryl methyl sites for hydroxylation is 1. The summed E-state index contributed by atoms with van der Waals surface area (Å²) >= 11 is 1.49. The Hall–Kier alpha value is -3.63. The third-order valence-electron chi connectivity index (χ3n) is 5.87. The number of aliphatic hydroxyl groups is 1. The van der Waals surface area contributed by atoms with E-state index in [9.17, 15) is 9.90 Å². The molecule has 0 spiro atoms. The highest BCUT2D eigenvalue weighted by Gasteiger charge is 2.45. The second kappa shape index (κ2) is 8.38. The van der Waals surface area contributed by atoms with E-state index in [2.05, 4.69) is 20.4 Å². The van der Waals surface area contributed by atoms with Crippen LogP contribution in [0.5, 0.6) is 0 Å². The van der Waals surface area contributed by atoms with Crippen molar-refractivity contribution in [3.8, 4) is 22.0 Å². The number of thiazole rings is 1. The topological polar surface area (TPSA) is 109 Å². The van der Waals surface area contributed by atoms with Crippen LogP contribution in [0.15, 0.2) is 54.2 Å². The van der Waals surface area contributed by atoms with Gasteiger partial charge in [0.1, 0.15) is 10.7 Å². The normalized spacial score (nSPS) is 18.2. The fraction of sp³-hybridized carbons (Fsp3) is 0.261. The van der Waals surface area contributed by atoms with Crippen LogP contribution in [0.3, 0.4) is 0 Å². The molecule has 4 aromatic rings. The molecule has 1 aliphatic heterocycles. The lowest BCUT2D eigenvalue weighted by molar-refractivity contribution is -0.143. The van der Waals surface area contributed by atoms with Crippen LogP contribution in [-0.2, 0) is 24.0 Å². The van der Waals surface area contributed by atoms with Gasteiger partial charge < -0.3 is 15.3 Å². The average Bonchev–Trinajstić information content (AvgIpc) is 3.55. The molecule has 1 saturated heterocycles. The first-order valence-electron chi connectivity index (χ1n) is 10.5. The lowest BCUT2D eigenvalue weighted by atomic mass is 9.91. The van der Waals surface area contributed by atoms with Crippen molar-refractivity contribution in [1.29, 1.82) is 0 Å². The maximum absolute atomic E-state index is 12.5. The molecule has 0 radical (unpaired) electrons. The predicted octanol–water partition coefficient (Wildman–Crippen LogP) is 2.66. The maximum atomic E-state index is 12.5. The van der Waals surface area contributed by atoms with Crippen molar-refractivity contribution in [2.75, 3.05) is 18.9 Å². The number of carbonyl (C=O) groups is 1. The smallest absolute Gasteiger partial charge is 0.258 e. The molecular formula is C23H23N7O2S. The van der Waals surface area contributed by atoms with E-state index < -0.39 is 5.60 Å². The minimum atomic E-state index is -1.48. The number of aromatic nitrogens is 5. The van der Waals surface area contributed by atoms with E-state index in [1.807, 2.05) is 42.8 Å². The number of likely N-dealkylation sites (tertiary alicyclic amines) is 1. The molecule has 5 rings (SSSR count). The summed E-state index contributed by atoms with van der Waals surface area (Å²) in [6, 6.07) is 11.2. The van der Waals surface area contributed by atoms with E-state index in [0.29, 0.717) is 36.7 Å². The molecule has 1 aromatic carbocycles. The number of nitrogens with zero attached hydrogens (tertiary/aromatic N) is 6. The first-order chi connectivity index (χ1) is 15.9. The molecule has 10 heteroatoms. The molecular weight excluding hydrogens is 438 g/mol. The van der Waals surface area contributed by atoms with Crippen LogP contribution < -0.4 is 5.32 Å². The lowest BCUT2D eigenvalue weighted by Crippen LogP contribution is -2.36. The molecule has 3 aromatic heterocycles. The summed E-state index contributed by atoms with van der Waals surface area (Å²) in [6.07, 6.45) is 3.83. The van der Waals surface area contributed by atoms with Gasteiger partial charge in [0.2, 0.25) is 5.95 Å². The van der Waals surface area contributed by atoms with Gasteiger partial charge in [0.25, 0.3) is 5.91 Å². The van der Waals surface area contributed by atoms with Gasteiger partial charge in [-0.3, -0.25) is 9.48 Å². The van der Waals surface area contributed by atoms with Crippen molar-refractivity contribution < 1.29 is 9.90 Å². The van der Waals surface area contributed by atoms with Crippen LogP contribution in [0, 0.1) is 0 Å². The number of benzene rings is 1. The largest absolute Gasteiger partial charge is 0.375 e. The molecule has 0 saturated carbocycles. The second-order valence-corrected chi connectivity index (χ2v) is 8.88. The van der Waals surface area contributed by atoms with Gasteiger partial charge in [0.05, 0.1) is 17.9 Å². The lowest BCUT2D eigenvalue weighted by Gasteiger charge is -2.21. The SMILES string of the molecule is CN1CCC(O)(c2cccc(-c3nc(-c4ccnc(NCc5ccnn5C)n4)cs3)c2)C1=O. The van der Waals surface area contributed by atoms with Crippen LogP contribution in [-0.4, -0.2) is 54.2 Å². The van der Waals surface area contributed by atoms with Crippen molar-refractivity contribution in [3.63, 3.8) is 0 Å². The molecule has 2 N–H and O–H groups in total. The molecule has 4 heterocycles. The zero-order valence-corrected chi connectivity index (χ0v) is 19.1. The minimum Gasteiger partial charge on any atom is -0.375 e. The minimum absolute atomic E-state index is 0.272. The van der Waals surface area contributed by atoms with Crippen molar-refractivity contribution in [2.45, 2.75) is 18.6 Å². The molecule has 1 amide bonds.